The summed E-state index contributed by atoms with van der Waals surface area (Å²) >= 11 is 1.24. The molecule has 1 unspecified atom stereocenters. The number of carbonyl (C=O) groups is 1. The number of hydrogen-bond donors (Lipinski definition) is 2. The van der Waals surface area contributed by atoms with E-state index in [0.717, 1.165) is 27.7 Å². The molecule has 0 saturated carbocycles. The molecule has 1 amide bonds. The molecule has 0 spiro atoms. The minimum atomic E-state index is -0.374. The summed E-state index contributed by atoms with van der Waals surface area (Å²) in [6.45, 7) is 3.77. The first-order valence-corrected chi connectivity index (χ1v) is 9.43. The van der Waals surface area contributed by atoms with Crippen LogP contribution in [0.3, 0.4) is 0 Å². The van der Waals surface area contributed by atoms with Crippen molar-refractivity contribution in [3.63, 3.8) is 0 Å². The molecular formula is C20H18N4O2S. The van der Waals surface area contributed by atoms with E-state index in [1.54, 1.807) is 0 Å². The normalized spacial score (nSPS) is 12.2. The first kappa shape index (κ1) is 17.4. The number of hydrogen-bond acceptors (Lipinski definition) is 5. The zero-order valence-corrected chi connectivity index (χ0v) is 15.7. The average Bonchev–Trinajstić information content (AvgIpc) is 3.30. The Balaban J connectivity index is 1.47. The van der Waals surface area contributed by atoms with Crippen molar-refractivity contribution in [2.24, 2.45) is 0 Å². The highest BCUT2D eigenvalue weighted by Crippen LogP contribution is 2.31. The summed E-state index contributed by atoms with van der Waals surface area (Å²) in [6.07, 6.45) is 1.85. The standard InChI is InChI=1S/C20H18N4O2S/c1-12-7-3-5-9-16(12)22-18(25)13(2)27-20-24-23-19(26-20)15-11-21-17-10-6-4-8-14(15)17/h3-11,13,21H,1-2H3,(H,22,25). The fourth-order valence-corrected chi connectivity index (χ4v) is 3.45. The molecule has 0 bridgehead atoms. The van der Waals surface area contributed by atoms with Gasteiger partial charge in [0.25, 0.3) is 11.1 Å². The third kappa shape index (κ3) is 3.59. The number of rotatable bonds is 5. The summed E-state index contributed by atoms with van der Waals surface area (Å²) in [6, 6.07) is 15.6. The number of nitrogens with zero attached hydrogens (tertiary/aromatic N) is 2. The van der Waals surface area contributed by atoms with Gasteiger partial charge in [0.15, 0.2) is 0 Å². The van der Waals surface area contributed by atoms with Gasteiger partial charge in [-0.15, -0.1) is 10.2 Å². The van der Waals surface area contributed by atoms with Crippen LogP contribution in [-0.2, 0) is 4.79 Å². The minimum Gasteiger partial charge on any atom is -0.411 e. The number of H-pyrrole nitrogens is 1. The Morgan fingerprint density at radius 2 is 1.93 bits per heavy atom. The van der Waals surface area contributed by atoms with Gasteiger partial charge in [0.05, 0.1) is 10.8 Å². The van der Waals surface area contributed by atoms with Gasteiger partial charge in [-0.2, -0.15) is 0 Å². The second-order valence-electron chi connectivity index (χ2n) is 6.19. The second-order valence-corrected chi connectivity index (χ2v) is 7.48. The smallest absolute Gasteiger partial charge is 0.277 e. The lowest BCUT2D eigenvalue weighted by Gasteiger charge is -2.11. The topological polar surface area (TPSA) is 83.8 Å². The van der Waals surface area contributed by atoms with Crippen molar-refractivity contribution < 1.29 is 9.21 Å². The van der Waals surface area contributed by atoms with Crippen LogP contribution in [0.1, 0.15) is 12.5 Å². The van der Waals surface area contributed by atoms with Crippen LogP contribution in [-0.4, -0.2) is 26.3 Å². The number of fused-ring (bicyclic) bond motifs is 1. The molecule has 0 aliphatic rings. The summed E-state index contributed by atoms with van der Waals surface area (Å²) in [5, 5.41) is 12.1. The minimum absolute atomic E-state index is 0.110. The lowest BCUT2D eigenvalue weighted by Crippen LogP contribution is -2.22. The van der Waals surface area contributed by atoms with Gasteiger partial charge in [-0.25, -0.2) is 0 Å². The van der Waals surface area contributed by atoms with E-state index in [-0.39, 0.29) is 11.2 Å². The van der Waals surface area contributed by atoms with E-state index in [1.807, 2.05) is 68.6 Å². The van der Waals surface area contributed by atoms with Gasteiger partial charge < -0.3 is 14.7 Å². The van der Waals surface area contributed by atoms with Crippen molar-refractivity contribution in [3.8, 4) is 11.5 Å². The van der Waals surface area contributed by atoms with Crippen LogP contribution in [0.4, 0.5) is 5.69 Å². The molecule has 27 heavy (non-hydrogen) atoms. The first-order chi connectivity index (χ1) is 13.1. The number of aromatic nitrogens is 3. The van der Waals surface area contributed by atoms with E-state index >= 15 is 0 Å². The van der Waals surface area contributed by atoms with Crippen molar-refractivity contribution in [1.82, 2.24) is 15.2 Å². The van der Waals surface area contributed by atoms with Crippen molar-refractivity contribution in [1.29, 1.82) is 0 Å². The molecule has 0 radical (unpaired) electrons. The predicted molar refractivity (Wildman–Crippen MR) is 107 cm³/mol. The molecule has 2 aromatic heterocycles. The lowest BCUT2D eigenvalue weighted by atomic mass is 10.2. The molecular weight excluding hydrogens is 360 g/mol. The van der Waals surface area contributed by atoms with E-state index in [1.165, 1.54) is 11.8 Å². The Labute approximate surface area is 160 Å². The number of aryl methyl sites for hydroxylation is 1. The van der Waals surface area contributed by atoms with Crippen LogP contribution in [0.15, 0.2) is 64.4 Å². The molecule has 2 heterocycles. The van der Waals surface area contributed by atoms with E-state index in [4.69, 9.17) is 4.42 Å². The fraction of sp³-hybridized carbons (Fsp3) is 0.150. The summed E-state index contributed by atoms with van der Waals surface area (Å²) in [4.78, 5) is 15.6. The number of nitrogens with one attached hydrogen (secondary N) is 2. The molecule has 4 aromatic rings. The van der Waals surface area contributed by atoms with Gasteiger partial charge in [-0.1, -0.05) is 48.2 Å². The Hall–Kier alpha value is -3.06. The number of thioether (sulfide) groups is 1. The van der Waals surface area contributed by atoms with Crippen molar-refractivity contribution in [3.05, 3.63) is 60.3 Å². The predicted octanol–water partition coefficient (Wildman–Crippen LogP) is 4.65. The quantitative estimate of drug-likeness (QED) is 0.494. The molecule has 0 fully saturated rings. The molecule has 2 N–H and O–H groups in total. The lowest BCUT2D eigenvalue weighted by molar-refractivity contribution is -0.115. The van der Waals surface area contributed by atoms with Crippen LogP contribution < -0.4 is 5.32 Å². The van der Waals surface area contributed by atoms with Crippen LogP contribution in [0.25, 0.3) is 22.4 Å². The molecule has 1 atom stereocenters. The van der Waals surface area contributed by atoms with Gasteiger partial charge in [0, 0.05) is 22.8 Å². The fourth-order valence-electron chi connectivity index (χ4n) is 2.77. The van der Waals surface area contributed by atoms with Gasteiger partial charge in [-0.05, 0) is 31.5 Å². The Kier molecular flexibility index (Phi) is 4.68. The Morgan fingerprint density at radius 1 is 1.15 bits per heavy atom. The van der Waals surface area contributed by atoms with Crippen LogP contribution >= 0.6 is 11.8 Å². The molecule has 4 rings (SSSR count). The molecule has 6 nitrogen and oxygen atoms in total. The van der Waals surface area contributed by atoms with E-state index in [2.05, 4.69) is 20.5 Å². The maximum absolute atomic E-state index is 12.5. The van der Waals surface area contributed by atoms with Crippen LogP contribution in [0.2, 0.25) is 0 Å². The van der Waals surface area contributed by atoms with Gasteiger partial charge in [0.1, 0.15) is 0 Å². The van der Waals surface area contributed by atoms with Gasteiger partial charge in [0.2, 0.25) is 5.91 Å². The van der Waals surface area contributed by atoms with Crippen molar-refractivity contribution in [2.45, 2.75) is 24.3 Å². The second kappa shape index (κ2) is 7.28. The first-order valence-electron chi connectivity index (χ1n) is 8.55. The van der Waals surface area contributed by atoms with Gasteiger partial charge in [-0.3, -0.25) is 4.79 Å². The molecule has 136 valence electrons. The highest BCUT2D eigenvalue weighted by molar-refractivity contribution is 8.00. The summed E-state index contributed by atoms with van der Waals surface area (Å²) in [5.41, 5.74) is 3.68. The number of para-hydroxylation sites is 2. The van der Waals surface area contributed by atoms with Gasteiger partial charge >= 0.3 is 0 Å². The maximum Gasteiger partial charge on any atom is 0.277 e. The highest BCUT2D eigenvalue weighted by atomic mass is 32.2. The van der Waals surface area contributed by atoms with E-state index < -0.39 is 0 Å². The Morgan fingerprint density at radius 3 is 2.78 bits per heavy atom. The molecule has 2 aromatic carbocycles. The number of amides is 1. The highest BCUT2D eigenvalue weighted by Gasteiger charge is 2.20. The third-order valence-corrected chi connectivity index (χ3v) is 5.21. The van der Waals surface area contributed by atoms with E-state index in [0.29, 0.717) is 11.1 Å². The molecule has 0 aliphatic carbocycles. The average molecular weight is 378 g/mol. The zero-order chi connectivity index (χ0) is 18.8. The van der Waals surface area contributed by atoms with Crippen LogP contribution in [0.5, 0.6) is 0 Å². The molecule has 0 saturated heterocycles. The number of carbonyl (C=O) groups excluding carboxylic acids is 1. The van der Waals surface area contributed by atoms with Crippen LogP contribution in [0, 0.1) is 6.92 Å². The summed E-state index contributed by atoms with van der Waals surface area (Å²) in [5.74, 6) is 0.322. The SMILES string of the molecule is Cc1ccccc1NC(=O)C(C)Sc1nnc(-c2c[nH]c3ccccc23)o1. The van der Waals surface area contributed by atoms with Crippen molar-refractivity contribution in [2.75, 3.05) is 5.32 Å². The van der Waals surface area contributed by atoms with E-state index in [9.17, 15) is 4.79 Å². The number of anilines is 1. The summed E-state index contributed by atoms with van der Waals surface area (Å²) in [7, 11) is 0. The molecule has 7 heteroatoms. The monoisotopic (exact) mass is 378 g/mol. The zero-order valence-electron chi connectivity index (χ0n) is 14.9. The third-order valence-electron chi connectivity index (χ3n) is 4.28. The van der Waals surface area contributed by atoms with Crippen molar-refractivity contribution >= 4 is 34.3 Å². The Bertz CT molecular complexity index is 1100. The maximum atomic E-state index is 12.5. The molecule has 0 aliphatic heterocycles. The number of aromatic amines is 1. The largest absolute Gasteiger partial charge is 0.411 e. The number of benzene rings is 2. The summed E-state index contributed by atoms with van der Waals surface area (Å²) < 4.78 is 5.77.